The Morgan fingerprint density at radius 3 is 2.20 bits per heavy atom. The van der Waals surface area contributed by atoms with Crippen LogP contribution in [0.25, 0.3) is 0 Å². The zero-order chi connectivity index (χ0) is 14.5. The highest BCUT2D eigenvalue weighted by atomic mass is 16.5. The van der Waals surface area contributed by atoms with E-state index in [1.807, 2.05) is 12.1 Å². The molecule has 0 atom stereocenters. The van der Waals surface area contributed by atoms with Gasteiger partial charge in [-0.25, -0.2) is 0 Å². The molecular formula is C17H21NO2. The van der Waals surface area contributed by atoms with Crippen LogP contribution in [0.2, 0.25) is 0 Å². The number of hydrogen-bond acceptors (Lipinski definition) is 3. The lowest BCUT2D eigenvalue weighted by atomic mass is 10.1. The molecule has 0 aliphatic heterocycles. The first kappa shape index (κ1) is 14.3. The molecule has 0 radical (unpaired) electrons. The maximum absolute atomic E-state index is 5.34. The maximum atomic E-state index is 5.34. The van der Waals surface area contributed by atoms with Gasteiger partial charge in [-0.2, -0.15) is 0 Å². The highest BCUT2D eigenvalue weighted by Crippen LogP contribution is 2.33. The van der Waals surface area contributed by atoms with Crippen molar-refractivity contribution in [3.63, 3.8) is 0 Å². The van der Waals surface area contributed by atoms with Crippen LogP contribution in [0.4, 0.5) is 5.69 Å². The van der Waals surface area contributed by atoms with Gasteiger partial charge in [0.05, 0.1) is 14.2 Å². The van der Waals surface area contributed by atoms with E-state index in [0.717, 1.165) is 29.3 Å². The van der Waals surface area contributed by atoms with Gasteiger partial charge in [-0.3, -0.25) is 0 Å². The number of aryl methyl sites for hydroxylation is 2. The Morgan fingerprint density at radius 1 is 0.900 bits per heavy atom. The summed E-state index contributed by atoms with van der Waals surface area (Å²) in [6, 6.07) is 12.3. The lowest BCUT2D eigenvalue weighted by molar-refractivity contribution is 0.355. The van der Waals surface area contributed by atoms with Crippen molar-refractivity contribution in [2.24, 2.45) is 0 Å². The summed E-state index contributed by atoms with van der Waals surface area (Å²) in [5.41, 5.74) is 4.78. The van der Waals surface area contributed by atoms with Crippen molar-refractivity contribution in [1.82, 2.24) is 0 Å². The predicted molar refractivity (Wildman–Crippen MR) is 82.8 cm³/mol. The molecule has 106 valence electrons. The van der Waals surface area contributed by atoms with Crippen LogP contribution in [-0.2, 0) is 6.54 Å². The smallest absolute Gasteiger partial charge is 0.162 e. The van der Waals surface area contributed by atoms with Crippen LogP contribution in [0.15, 0.2) is 36.4 Å². The third-order valence-corrected chi connectivity index (χ3v) is 3.46. The van der Waals surface area contributed by atoms with Gasteiger partial charge in [0.15, 0.2) is 11.5 Å². The van der Waals surface area contributed by atoms with E-state index in [1.165, 1.54) is 11.1 Å². The fraction of sp³-hybridized carbons (Fsp3) is 0.294. The zero-order valence-corrected chi connectivity index (χ0v) is 12.5. The first-order valence-corrected chi connectivity index (χ1v) is 6.66. The summed E-state index contributed by atoms with van der Waals surface area (Å²) >= 11 is 0. The Morgan fingerprint density at radius 2 is 1.55 bits per heavy atom. The molecule has 2 aromatic carbocycles. The van der Waals surface area contributed by atoms with Crippen molar-refractivity contribution in [2.75, 3.05) is 19.5 Å². The van der Waals surface area contributed by atoms with Crippen LogP contribution in [0, 0.1) is 13.8 Å². The van der Waals surface area contributed by atoms with E-state index in [4.69, 9.17) is 9.47 Å². The van der Waals surface area contributed by atoms with Crippen molar-refractivity contribution in [3.8, 4) is 11.5 Å². The molecule has 0 fully saturated rings. The van der Waals surface area contributed by atoms with E-state index in [2.05, 4.69) is 43.4 Å². The first-order chi connectivity index (χ1) is 9.65. The number of ether oxygens (including phenoxy) is 2. The zero-order valence-electron chi connectivity index (χ0n) is 12.5. The summed E-state index contributed by atoms with van der Waals surface area (Å²) in [6.45, 7) is 4.98. The number of methoxy groups -OCH3 is 2. The second kappa shape index (κ2) is 6.33. The monoisotopic (exact) mass is 271 g/mol. The highest BCUT2D eigenvalue weighted by molar-refractivity contribution is 5.60. The molecule has 3 nitrogen and oxygen atoms in total. The average molecular weight is 271 g/mol. The Hall–Kier alpha value is -2.16. The fourth-order valence-corrected chi connectivity index (χ4v) is 2.17. The maximum Gasteiger partial charge on any atom is 0.162 e. The van der Waals surface area contributed by atoms with Crippen LogP contribution in [0.5, 0.6) is 11.5 Å². The lowest BCUT2D eigenvalue weighted by Crippen LogP contribution is -2.03. The SMILES string of the molecule is COc1cc(C)c(NCc2ccccc2C)cc1OC. The molecule has 2 aromatic rings. The Labute approximate surface area is 120 Å². The first-order valence-electron chi connectivity index (χ1n) is 6.66. The molecule has 3 heteroatoms. The molecule has 0 amide bonds. The molecule has 0 bridgehead atoms. The summed E-state index contributed by atoms with van der Waals surface area (Å²) in [7, 11) is 3.30. The third kappa shape index (κ3) is 3.05. The second-order valence-corrected chi connectivity index (χ2v) is 4.80. The molecule has 0 spiro atoms. The van der Waals surface area contributed by atoms with E-state index >= 15 is 0 Å². The molecule has 0 heterocycles. The predicted octanol–water partition coefficient (Wildman–Crippen LogP) is 3.93. The lowest BCUT2D eigenvalue weighted by Gasteiger charge is -2.15. The fourth-order valence-electron chi connectivity index (χ4n) is 2.17. The molecule has 0 unspecified atom stereocenters. The topological polar surface area (TPSA) is 30.5 Å². The summed E-state index contributed by atoms with van der Waals surface area (Å²) in [5, 5.41) is 3.46. The van der Waals surface area contributed by atoms with Crippen molar-refractivity contribution in [3.05, 3.63) is 53.1 Å². The average Bonchev–Trinajstić information content (AvgIpc) is 2.47. The summed E-state index contributed by atoms with van der Waals surface area (Å²) < 4.78 is 10.6. The van der Waals surface area contributed by atoms with Crippen LogP contribution >= 0.6 is 0 Å². The molecule has 0 aliphatic rings. The van der Waals surface area contributed by atoms with Crippen LogP contribution in [-0.4, -0.2) is 14.2 Å². The highest BCUT2D eigenvalue weighted by Gasteiger charge is 2.08. The second-order valence-electron chi connectivity index (χ2n) is 4.80. The van der Waals surface area contributed by atoms with E-state index < -0.39 is 0 Å². The van der Waals surface area contributed by atoms with Crippen LogP contribution in [0.3, 0.4) is 0 Å². The standard InChI is InChI=1S/C17H21NO2/c1-12-7-5-6-8-14(12)11-18-15-10-17(20-4)16(19-3)9-13(15)2/h5-10,18H,11H2,1-4H3. The van der Waals surface area contributed by atoms with Gasteiger partial charge < -0.3 is 14.8 Å². The quantitative estimate of drug-likeness (QED) is 0.893. The largest absolute Gasteiger partial charge is 0.493 e. The Balaban J connectivity index is 2.19. The van der Waals surface area contributed by atoms with Gasteiger partial charge in [0.1, 0.15) is 0 Å². The number of nitrogens with one attached hydrogen (secondary N) is 1. The number of benzene rings is 2. The van der Waals surface area contributed by atoms with Crippen molar-refractivity contribution >= 4 is 5.69 Å². The Bertz CT molecular complexity index is 594. The molecule has 0 aromatic heterocycles. The molecule has 20 heavy (non-hydrogen) atoms. The number of anilines is 1. The van der Waals surface area contributed by atoms with Crippen molar-refractivity contribution in [1.29, 1.82) is 0 Å². The molecule has 1 N–H and O–H groups in total. The molecule has 0 saturated carbocycles. The minimum atomic E-state index is 0.741. The van der Waals surface area contributed by atoms with Crippen LogP contribution < -0.4 is 14.8 Å². The van der Waals surface area contributed by atoms with Gasteiger partial charge in [-0.05, 0) is 36.6 Å². The summed E-state index contributed by atoms with van der Waals surface area (Å²) in [4.78, 5) is 0. The molecule has 0 saturated heterocycles. The Kier molecular flexibility index (Phi) is 4.51. The summed E-state index contributed by atoms with van der Waals surface area (Å²) in [6.07, 6.45) is 0. The number of hydrogen-bond donors (Lipinski definition) is 1. The van der Waals surface area contributed by atoms with Gasteiger partial charge in [-0.15, -0.1) is 0 Å². The normalized spacial score (nSPS) is 10.2. The molecule has 2 rings (SSSR count). The molecular weight excluding hydrogens is 250 g/mol. The minimum absolute atomic E-state index is 0.741. The van der Waals surface area contributed by atoms with Gasteiger partial charge >= 0.3 is 0 Å². The third-order valence-electron chi connectivity index (χ3n) is 3.46. The van der Waals surface area contributed by atoms with Gasteiger partial charge in [0.25, 0.3) is 0 Å². The van der Waals surface area contributed by atoms with Gasteiger partial charge in [0, 0.05) is 18.3 Å². The van der Waals surface area contributed by atoms with E-state index in [9.17, 15) is 0 Å². The number of rotatable bonds is 5. The van der Waals surface area contributed by atoms with Crippen molar-refractivity contribution in [2.45, 2.75) is 20.4 Å². The van der Waals surface area contributed by atoms with Gasteiger partial charge in [-0.1, -0.05) is 24.3 Å². The van der Waals surface area contributed by atoms with Gasteiger partial charge in [0.2, 0.25) is 0 Å². The van der Waals surface area contributed by atoms with Crippen molar-refractivity contribution < 1.29 is 9.47 Å². The van der Waals surface area contributed by atoms with E-state index in [-0.39, 0.29) is 0 Å². The van der Waals surface area contributed by atoms with Crippen LogP contribution in [0.1, 0.15) is 16.7 Å². The van der Waals surface area contributed by atoms with E-state index in [0.29, 0.717) is 0 Å². The minimum Gasteiger partial charge on any atom is -0.493 e. The van der Waals surface area contributed by atoms with E-state index in [1.54, 1.807) is 14.2 Å². The summed E-state index contributed by atoms with van der Waals surface area (Å²) in [5.74, 6) is 1.50. The molecule has 0 aliphatic carbocycles.